The Bertz CT molecular complexity index is 1710. The topological polar surface area (TPSA) is 162 Å². The highest BCUT2D eigenvalue weighted by atomic mass is 79.9. The summed E-state index contributed by atoms with van der Waals surface area (Å²) in [6.07, 6.45) is 0.547. The number of aliphatic hydroxyl groups is 2. The summed E-state index contributed by atoms with van der Waals surface area (Å²) >= 11 is 10.4. The van der Waals surface area contributed by atoms with Crippen LogP contribution in [-0.2, 0) is 29.3 Å². The Kier molecular flexibility index (Phi) is 14.0. The van der Waals surface area contributed by atoms with Crippen LogP contribution < -0.4 is 25.3 Å². The Morgan fingerprint density at radius 1 is 0.979 bits per heavy atom. The summed E-state index contributed by atoms with van der Waals surface area (Å²) < 4.78 is 24.0. The summed E-state index contributed by atoms with van der Waals surface area (Å²) in [5, 5.41) is 25.0. The summed E-state index contributed by atoms with van der Waals surface area (Å²) in [6, 6.07) is 20.7. The molecule has 254 valence electrons. The molecule has 0 saturated carbocycles. The van der Waals surface area contributed by atoms with Crippen molar-refractivity contribution in [1.82, 2.24) is 5.32 Å². The van der Waals surface area contributed by atoms with Crippen molar-refractivity contribution in [3.05, 3.63) is 104 Å². The number of carbonyl (C=O) groups is 1. The van der Waals surface area contributed by atoms with Crippen LogP contribution in [0.2, 0.25) is 5.02 Å². The predicted molar refractivity (Wildman–Crippen MR) is 188 cm³/mol. The molecule has 0 spiro atoms. The first-order valence-corrected chi connectivity index (χ1v) is 16.4. The number of nitrogens with one attached hydrogen (secondary N) is 1. The van der Waals surface area contributed by atoms with E-state index in [2.05, 4.69) is 26.4 Å². The summed E-state index contributed by atoms with van der Waals surface area (Å²) in [6.45, 7) is 2.26. The lowest BCUT2D eigenvalue weighted by atomic mass is 10.0. The molecule has 13 heteroatoms. The van der Waals surface area contributed by atoms with Crippen molar-refractivity contribution < 1.29 is 34.0 Å². The van der Waals surface area contributed by atoms with E-state index in [1.54, 1.807) is 31.2 Å². The quantitative estimate of drug-likeness (QED) is 0.0375. The van der Waals surface area contributed by atoms with Gasteiger partial charge in [0.2, 0.25) is 0 Å². The van der Waals surface area contributed by atoms with Gasteiger partial charge >= 0.3 is 5.97 Å². The highest BCUT2D eigenvalue weighted by Gasteiger charge is 2.20. The number of benzene rings is 4. The molecule has 4 rings (SSSR count). The zero-order valence-electron chi connectivity index (χ0n) is 26.3. The SMILES string of the molecule is CCOC(=O)[C@@H](CO)NCc1cc(Cl)c(OCc2cccc(-c3cccc(OCCCO)c3)c2Br)cc1OCc1ccc(N=O)c(N)c1. The smallest absolute Gasteiger partial charge is 0.325 e. The maximum atomic E-state index is 12.2. The molecule has 4 aromatic carbocycles. The Labute approximate surface area is 292 Å². The molecule has 4 aromatic rings. The summed E-state index contributed by atoms with van der Waals surface area (Å²) in [5.41, 5.74) is 10.3. The van der Waals surface area contributed by atoms with Crippen LogP contribution in [0.15, 0.2) is 82.4 Å². The van der Waals surface area contributed by atoms with Gasteiger partial charge in [-0.15, -0.1) is 4.91 Å². The molecule has 5 N–H and O–H groups in total. The number of hydrogen-bond donors (Lipinski definition) is 4. The normalized spacial score (nSPS) is 11.5. The molecule has 0 fully saturated rings. The third-order valence-electron chi connectivity index (χ3n) is 7.17. The van der Waals surface area contributed by atoms with Crippen LogP contribution in [0.5, 0.6) is 17.2 Å². The van der Waals surface area contributed by atoms with Crippen molar-refractivity contribution in [1.29, 1.82) is 0 Å². The maximum absolute atomic E-state index is 12.2. The monoisotopic (exact) mass is 741 g/mol. The van der Waals surface area contributed by atoms with Crippen molar-refractivity contribution in [2.45, 2.75) is 39.1 Å². The number of rotatable bonds is 18. The minimum Gasteiger partial charge on any atom is -0.493 e. The number of ether oxygens (including phenoxy) is 4. The van der Waals surface area contributed by atoms with Crippen LogP contribution in [-0.4, -0.2) is 48.7 Å². The lowest BCUT2D eigenvalue weighted by Crippen LogP contribution is -2.40. The minimum absolute atomic E-state index is 0.0630. The van der Waals surface area contributed by atoms with Gasteiger partial charge in [0.25, 0.3) is 0 Å². The number of nitrogens with two attached hydrogens (primary N) is 1. The molecule has 0 aromatic heterocycles. The van der Waals surface area contributed by atoms with Crippen LogP contribution in [0.1, 0.15) is 30.0 Å². The number of nitroso groups, excluding NO2 is 1. The predicted octanol–water partition coefficient (Wildman–Crippen LogP) is 6.68. The molecule has 1 atom stereocenters. The van der Waals surface area contributed by atoms with E-state index >= 15 is 0 Å². The van der Waals surface area contributed by atoms with Crippen molar-refractivity contribution in [3.8, 4) is 28.4 Å². The Morgan fingerprint density at radius 3 is 2.50 bits per heavy atom. The average Bonchev–Trinajstić information content (AvgIpc) is 3.08. The van der Waals surface area contributed by atoms with Gasteiger partial charge in [-0.3, -0.25) is 10.1 Å². The Hall–Kier alpha value is -4.20. The van der Waals surface area contributed by atoms with E-state index in [4.69, 9.17) is 41.4 Å². The molecule has 0 saturated heterocycles. The molecule has 0 aliphatic carbocycles. The molecular formula is C35H37BrClN3O8. The van der Waals surface area contributed by atoms with Gasteiger partial charge in [-0.2, -0.15) is 0 Å². The van der Waals surface area contributed by atoms with E-state index < -0.39 is 18.6 Å². The summed E-state index contributed by atoms with van der Waals surface area (Å²) in [7, 11) is 0. The van der Waals surface area contributed by atoms with Crippen molar-refractivity contribution >= 4 is 44.9 Å². The van der Waals surface area contributed by atoms with Crippen molar-refractivity contribution in [2.24, 2.45) is 5.18 Å². The largest absolute Gasteiger partial charge is 0.493 e. The van der Waals surface area contributed by atoms with Gasteiger partial charge < -0.3 is 34.9 Å². The molecule has 0 heterocycles. The van der Waals surface area contributed by atoms with Crippen LogP contribution in [0, 0.1) is 4.91 Å². The van der Waals surface area contributed by atoms with Crippen molar-refractivity contribution in [2.75, 3.05) is 32.2 Å². The molecule has 0 unspecified atom stereocenters. The standard InChI is InChI=1S/C35H37BrClN3O8/c1-2-45-35(43)31(19-42)39-18-25-16-28(37)33(17-32(25)47-20-22-10-11-30(40-44)29(38)14-22)48-21-24-7-4-9-27(34(24)36)23-6-3-8-26(15-23)46-13-5-12-41/h3-4,6-11,14-17,31,39,41-42H,2,5,12-13,18-21,38H2,1H3/t31-/m1/s1. The lowest BCUT2D eigenvalue weighted by Gasteiger charge is -2.19. The van der Waals surface area contributed by atoms with Crippen LogP contribution >= 0.6 is 27.5 Å². The number of anilines is 1. The zero-order chi connectivity index (χ0) is 34.5. The summed E-state index contributed by atoms with van der Waals surface area (Å²) in [5.74, 6) is 0.886. The van der Waals surface area contributed by atoms with Crippen LogP contribution in [0.4, 0.5) is 11.4 Å². The first-order valence-electron chi connectivity index (χ1n) is 15.2. The van der Waals surface area contributed by atoms with Gasteiger partial charge in [0.15, 0.2) is 0 Å². The molecular weight excluding hydrogens is 706 g/mol. The molecule has 0 radical (unpaired) electrons. The second-order valence-corrected chi connectivity index (χ2v) is 11.8. The van der Waals surface area contributed by atoms with Crippen LogP contribution in [0.3, 0.4) is 0 Å². The molecule has 48 heavy (non-hydrogen) atoms. The number of nitrogens with zero attached hydrogens (tertiary/aromatic N) is 1. The first kappa shape index (κ1) is 36.6. The Morgan fingerprint density at radius 2 is 1.77 bits per heavy atom. The van der Waals surface area contributed by atoms with Crippen molar-refractivity contribution in [3.63, 3.8) is 0 Å². The number of carbonyl (C=O) groups excluding carboxylic acids is 1. The average molecular weight is 743 g/mol. The van der Waals surface area contributed by atoms with E-state index in [0.717, 1.165) is 21.2 Å². The highest BCUT2D eigenvalue weighted by molar-refractivity contribution is 9.10. The van der Waals surface area contributed by atoms with Gasteiger partial charge in [0.05, 0.1) is 30.5 Å². The van der Waals surface area contributed by atoms with Gasteiger partial charge in [-0.05, 0) is 75.1 Å². The van der Waals surface area contributed by atoms with E-state index in [1.807, 2.05) is 42.5 Å². The second-order valence-electron chi connectivity index (χ2n) is 10.6. The van der Waals surface area contributed by atoms with Gasteiger partial charge in [0, 0.05) is 41.2 Å². The lowest BCUT2D eigenvalue weighted by molar-refractivity contribution is -0.146. The molecule has 11 nitrogen and oxygen atoms in total. The fourth-order valence-corrected chi connectivity index (χ4v) is 5.52. The zero-order valence-corrected chi connectivity index (χ0v) is 28.6. The number of hydrogen-bond acceptors (Lipinski definition) is 11. The number of aliphatic hydroxyl groups excluding tert-OH is 2. The molecule has 0 aliphatic rings. The molecule has 0 bridgehead atoms. The number of esters is 1. The third kappa shape index (κ3) is 9.91. The number of nitrogen functional groups attached to an aromatic ring is 1. The summed E-state index contributed by atoms with van der Waals surface area (Å²) in [4.78, 5) is 23.2. The minimum atomic E-state index is -0.951. The molecule has 0 aliphatic heterocycles. The first-order chi connectivity index (χ1) is 23.3. The Balaban J connectivity index is 1.56. The van der Waals surface area contributed by atoms with Gasteiger partial charge in [0.1, 0.15) is 42.2 Å². The van der Waals surface area contributed by atoms with E-state index in [1.165, 1.54) is 6.07 Å². The fraction of sp³-hybridized carbons (Fsp3) is 0.286. The number of halogens is 2. The molecule has 0 amide bonds. The highest BCUT2D eigenvalue weighted by Crippen LogP contribution is 2.37. The van der Waals surface area contributed by atoms with Crippen LogP contribution in [0.25, 0.3) is 11.1 Å². The van der Waals surface area contributed by atoms with E-state index in [-0.39, 0.29) is 44.3 Å². The fourth-order valence-electron chi connectivity index (χ4n) is 4.67. The third-order valence-corrected chi connectivity index (χ3v) is 8.40. The second kappa shape index (κ2) is 18.4. The van der Waals surface area contributed by atoms with Gasteiger partial charge in [-0.25, -0.2) is 0 Å². The van der Waals surface area contributed by atoms with Gasteiger partial charge in [-0.1, -0.05) is 48.0 Å². The van der Waals surface area contributed by atoms with E-state index in [9.17, 15) is 14.8 Å². The maximum Gasteiger partial charge on any atom is 0.325 e. The van der Waals surface area contributed by atoms with E-state index in [0.29, 0.717) is 46.4 Å².